The summed E-state index contributed by atoms with van der Waals surface area (Å²) in [6.45, 7) is 8.22. The van der Waals surface area contributed by atoms with Gasteiger partial charge in [0.15, 0.2) is 0 Å². The Bertz CT molecular complexity index is 355. The van der Waals surface area contributed by atoms with Crippen LogP contribution in [-0.4, -0.2) is 17.6 Å². The molecule has 0 aliphatic heterocycles. The SMILES string of the molecule is CC(C)(CF)CC(C)(C)C1CCCCCC([N+](=O)[O-])CCC1. The summed E-state index contributed by atoms with van der Waals surface area (Å²) >= 11 is 0. The van der Waals surface area contributed by atoms with E-state index in [0.29, 0.717) is 12.3 Å². The van der Waals surface area contributed by atoms with Crippen LogP contribution in [0.25, 0.3) is 0 Å². The van der Waals surface area contributed by atoms with Gasteiger partial charge in [-0.15, -0.1) is 0 Å². The zero-order valence-electron chi connectivity index (χ0n) is 14.9. The average molecular weight is 315 g/mol. The molecule has 1 fully saturated rings. The molecule has 0 spiro atoms. The molecular weight excluding hydrogens is 281 g/mol. The van der Waals surface area contributed by atoms with Crippen molar-refractivity contribution in [2.24, 2.45) is 16.7 Å². The van der Waals surface area contributed by atoms with Gasteiger partial charge in [-0.25, -0.2) is 0 Å². The van der Waals surface area contributed by atoms with Gasteiger partial charge in [0, 0.05) is 17.8 Å². The predicted octanol–water partition coefficient (Wildman–Crippen LogP) is 5.79. The second-order valence-corrected chi connectivity index (χ2v) is 8.67. The van der Waals surface area contributed by atoms with Gasteiger partial charge in [-0.05, 0) is 48.9 Å². The van der Waals surface area contributed by atoms with Gasteiger partial charge in [0.1, 0.15) is 0 Å². The smallest absolute Gasteiger partial charge is 0.213 e. The van der Waals surface area contributed by atoms with E-state index in [4.69, 9.17) is 0 Å². The maximum Gasteiger partial charge on any atom is 0.213 e. The minimum Gasteiger partial charge on any atom is -0.264 e. The standard InChI is InChI=1S/C18H34FNO2/c1-17(2,14-19)13-18(3,4)15-9-6-5-7-11-16(20(21)22)12-8-10-15/h15-16H,5-14H2,1-4H3. The van der Waals surface area contributed by atoms with Crippen molar-refractivity contribution >= 4 is 0 Å². The Hall–Kier alpha value is -0.670. The zero-order chi connectivity index (χ0) is 16.8. The first-order valence-electron chi connectivity index (χ1n) is 8.87. The average Bonchev–Trinajstić information content (AvgIpc) is 2.42. The van der Waals surface area contributed by atoms with Crippen LogP contribution in [0, 0.1) is 26.9 Å². The molecule has 1 saturated carbocycles. The molecule has 130 valence electrons. The number of halogens is 1. The zero-order valence-corrected chi connectivity index (χ0v) is 14.9. The molecule has 0 radical (unpaired) electrons. The maximum atomic E-state index is 13.2. The summed E-state index contributed by atoms with van der Waals surface area (Å²) < 4.78 is 13.2. The largest absolute Gasteiger partial charge is 0.264 e. The Morgan fingerprint density at radius 2 is 1.55 bits per heavy atom. The fourth-order valence-electron chi connectivity index (χ4n) is 4.25. The van der Waals surface area contributed by atoms with Gasteiger partial charge in [-0.3, -0.25) is 14.5 Å². The second kappa shape index (κ2) is 8.26. The van der Waals surface area contributed by atoms with E-state index in [0.717, 1.165) is 44.9 Å². The van der Waals surface area contributed by atoms with E-state index in [-0.39, 0.29) is 28.5 Å². The Labute approximate surface area is 135 Å². The van der Waals surface area contributed by atoms with Gasteiger partial charge < -0.3 is 0 Å². The molecule has 0 heterocycles. The molecule has 1 aliphatic rings. The third kappa shape index (κ3) is 6.21. The number of rotatable bonds is 5. The van der Waals surface area contributed by atoms with Crippen molar-refractivity contribution < 1.29 is 9.31 Å². The van der Waals surface area contributed by atoms with Crippen LogP contribution in [0.15, 0.2) is 0 Å². The fourth-order valence-corrected chi connectivity index (χ4v) is 4.25. The van der Waals surface area contributed by atoms with Crippen LogP contribution in [0.5, 0.6) is 0 Å². The molecule has 22 heavy (non-hydrogen) atoms. The van der Waals surface area contributed by atoms with Crippen LogP contribution < -0.4 is 0 Å². The van der Waals surface area contributed by atoms with E-state index >= 15 is 0 Å². The molecule has 3 nitrogen and oxygen atoms in total. The number of hydrogen-bond donors (Lipinski definition) is 0. The summed E-state index contributed by atoms with van der Waals surface area (Å²) in [6, 6.07) is -0.357. The molecule has 4 heteroatoms. The number of nitro groups is 1. The lowest BCUT2D eigenvalue weighted by Crippen LogP contribution is -2.32. The summed E-state index contributed by atoms with van der Waals surface area (Å²) in [7, 11) is 0. The van der Waals surface area contributed by atoms with Crippen molar-refractivity contribution in [2.75, 3.05) is 6.67 Å². The Kier molecular flexibility index (Phi) is 7.27. The molecule has 0 aromatic rings. The van der Waals surface area contributed by atoms with Crippen molar-refractivity contribution in [1.29, 1.82) is 0 Å². The van der Waals surface area contributed by atoms with Crippen molar-refractivity contribution in [3.05, 3.63) is 10.1 Å². The molecular formula is C18H34FNO2. The molecule has 1 aliphatic carbocycles. The highest BCUT2D eigenvalue weighted by Crippen LogP contribution is 2.44. The van der Waals surface area contributed by atoms with Gasteiger partial charge in [0.25, 0.3) is 0 Å². The van der Waals surface area contributed by atoms with Crippen LogP contribution >= 0.6 is 0 Å². The highest BCUT2D eigenvalue weighted by Gasteiger charge is 2.35. The Morgan fingerprint density at radius 1 is 1.00 bits per heavy atom. The monoisotopic (exact) mass is 315 g/mol. The first kappa shape index (κ1) is 19.4. The quantitative estimate of drug-likeness (QED) is 0.475. The summed E-state index contributed by atoms with van der Waals surface area (Å²) in [5, 5.41) is 11.1. The van der Waals surface area contributed by atoms with E-state index in [1.165, 1.54) is 6.42 Å². The van der Waals surface area contributed by atoms with Gasteiger partial charge in [0.2, 0.25) is 6.04 Å². The van der Waals surface area contributed by atoms with E-state index in [1.54, 1.807) is 0 Å². The van der Waals surface area contributed by atoms with Gasteiger partial charge in [-0.1, -0.05) is 40.5 Å². The van der Waals surface area contributed by atoms with Gasteiger partial charge in [-0.2, -0.15) is 0 Å². The number of alkyl halides is 1. The lowest BCUT2D eigenvalue weighted by Gasteiger charge is -2.40. The maximum absolute atomic E-state index is 13.2. The third-order valence-electron chi connectivity index (χ3n) is 5.38. The van der Waals surface area contributed by atoms with Crippen LogP contribution in [0.3, 0.4) is 0 Å². The van der Waals surface area contributed by atoms with Crippen molar-refractivity contribution in [3.63, 3.8) is 0 Å². The van der Waals surface area contributed by atoms with Crippen LogP contribution in [0.2, 0.25) is 0 Å². The first-order chi connectivity index (χ1) is 10.2. The first-order valence-corrected chi connectivity index (χ1v) is 8.87. The summed E-state index contributed by atoms with van der Waals surface area (Å²) in [4.78, 5) is 11.0. The lowest BCUT2D eigenvalue weighted by molar-refractivity contribution is -0.524. The molecule has 2 unspecified atom stereocenters. The predicted molar refractivity (Wildman–Crippen MR) is 89.4 cm³/mol. The van der Waals surface area contributed by atoms with Crippen molar-refractivity contribution in [3.8, 4) is 0 Å². The number of hydrogen-bond acceptors (Lipinski definition) is 2. The summed E-state index contributed by atoms with van der Waals surface area (Å²) in [5.74, 6) is 0.545. The molecule has 0 N–H and O–H groups in total. The highest BCUT2D eigenvalue weighted by molar-refractivity contribution is 4.85. The molecule has 2 atom stereocenters. The van der Waals surface area contributed by atoms with Crippen molar-refractivity contribution in [1.82, 2.24) is 0 Å². The molecule has 0 amide bonds. The van der Waals surface area contributed by atoms with Gasteiger partial charge in [0.05, 0.1) is 6.67 Å². The molecule has 1 rings (SSSR count). The molecule has 0 saturated heterocycles. The number of nitrogens with zero attached hydrogens (tertiary/aromatic N) is 1. The summed E-state index contributed by atoms with van der Waals surface area (Å²) in [5.41, 5.74) is -0.179. The van der Waals surface area contributed by atoms with Crippen LogP contribution in [0.4, 0.5) is 4.39 Å². The van der Waals surface area contributed by atoms with E-state index in [9.17, 15) is 14.5 Å². The summed E-state index contributed by atoms with van der Waals surface area (Å²) in [6.07, 6.45) is 8.66. The van der Waals surface area contributed by atoms with Crippen molar-refractivity contribution in [2.45, 2.75) is 91.5 Å². The Balaban J connectivity index is 2.69. The third-order valence-corrected chi connectivity index (χ3v) is 5.38. The highest BCUT2D eigenvalue weighted by atomic mass is 19.1. The fraction of sp³-hybridized carbons (Fsp3) is 1.00. The second-order valence-electron chi connectivity index (χ2n) is 8.67. The normalized spacial score (nSPS) is 25.7. The van der Waals surface area contributed by atoms with Crippen LogP contribution in [-0.2, 0) is 0 Å². The van der Waals surface area contributed by atoms with E-state index < -0.39 is 0 Å². The van der Waals surface area contributed by atoms with Gasteiger partial charge >= 0.3 is 0 Å². The minimum atomic E-state index is -0.357. The van der Waals surface area contributed by atoms with E-state index in [1.807, 2.05) is 13.8 Å². The van der Waals surface area contributed by atoms with E-state index in [2.05, 4.69) is 13.8 Å². The minimum absolute atomic E-state index is 0.0893. The lowest BCUT2D eigenvalue weighted by atomic mass is 9.65. The van der Waals surface area contributed by atoms with Crippen LogP contribution in [0.1, 0.15) is 85.5 Å². The Morgan fingerprint density at radius 3 is 2.14 bits per heavy atom. The topological polar surface area (TPSA) is 43.1 Å². The molecule has 0 aromatic carbocycles. The molecule has 0 aromatic heterocycles. The molecule has 0 bridgehead atoms.